The molecule has 134 valence electrons. The van der Waals surface area contributed by atoms with Crippen molar-refractivity contribution in [3.8, 4) is 0 Å². The number of halogens is 2. The number of hydrogen-bond donors (Lipinski definition) is 3. The second-order valence-electron chi connectivity index (χ2n) is 6.81. The molecule has 0 spiro atoms. The molecular formula is C17H27BCl2N2O2. The molecule has 4 nitrogen and oxygen atoms in total. The van der Waals surface area contributed by atoms with Crippen molar-refractivity contribution < 1.29 is 10.0 Å². The fraction of sp³-hybridized carbons (Fsp3) is 0.647. The summed E-state index contributed by atoms with van der Waals surface area (Å²) in [7, 11) is -1.20. The maximum atomic E-state index is 8.88. The van der Waals surface area contributed by atoms with Crippen LogP contribution >= 0.6 is 23.2 Å². The van der Waals surface area contributed by atoms with E-state index in [2.05, 4.69) is 4.90 Å². The third kappa shape index (κ3) is 6.55. The predicted octanol–water partition coefficient (Wildman–Crippen LogP) is 3.18. The van der Waals surface area contributed by atoms with E-state index in [-0.39, 0.29) is 6.04 Å². The number of piperidine rings is 1. The monoisotopic (exact) mass is 372 g/mol. The van der Waals surface area contributed by atoms with Crippen LogP contribution in [-0.2, 0) is 6.54 Å². The van der Waals surface area contributed by atoms with Crippen molar-refractivity contribution in [3.05, 3.63) is 33.8 Å². The zero-order valence-electron chi connectivity index (χ0n) is 14.0. The smallest absolute Gasteiger partial charge is 0.427 e. The van der Waals surface area contributed by atoms with E-state index in [1.807, 2.05) is 18.2 Å². The lowest BCUT2D eigenvalue weighted by Gasteiger charge is -2.35. The third-order valence-electron chi connectivity index (χ3n) is 4.79. The minimum atomic E-state index is -1.20. The van der Waals surface area contributed by atoms with Gasteiger partial charge in [0, 0.05) is 19.1 Å². The first-order chi connectivity index (χ1) is 11.5. The van der Waals surface area contributed by atoms with Crippen LogP contribution in [0.4, 0.5) is 0 Å². The third-order valence-corrected chi connectivity index (χ3v) is 5.53. The summed E-state index contributed by atoms with van der Waals surface area (Å²) in [6, 6.07) is 5.99. The first-order valence-electron chi connectivity index (χ1n) is 8.73. The van der Waals surface area contributed by atoms with Gasteiger partial charge in [-0.15, -0.1) is 0 Å². The number of rotatable bonds is 8. The molecule has 1 aromatic rings. The number of likely N-dealkylation sites (tertiary alicyclic amines) is 1. The maximum Gasteiger partial charge on any atom is 0.451 e. The van der Waals surface area contributed by atoms with Crippen molar-refractivity contribution in [3.63, 3.8) is 0 Å². The van der Waals surface area contributed by atoms with Gasteiger partial charge >= 0.3 is 7.12 Å². The summed E-state index contributed by atoms with van der Waals surface area (Å²) >= 11 is 12.1. The molecule has 0 bridgehead atoms. The van der Waals surface area contributed by atoms with Crippen LogP contribution in [0.25, 0.3) is 0 Å². The van der Waals surface area contributed by atoms with Gasteiger partial charge < -0.3 is 15.8 Å². The summed E-state index contributed by atoms with van der Waals surface area (Å²) in [5.74, 6) is 0.501. The van der Waals surface area contributed by atoms with Gasteiger partial charge in [-0.25, -0.2) is 0 Å². The SMILES string of the molecule is NC(CCCCB(O)O)[C@H]1CCCN(Cc2ccc(Cl)c(Cl)c2)C1. The van der Waals surface area contributed by atoms with Gasteiger partial charge in [0.2, 0.25) is 0 Å². The van der Waals surface area contributed by atoms with Crippen molar-refractivity contribution in [1.29, 1.82) is 0 Å². The molecule has 7 heteroatoms. The first-order valence-corrected chi connectivity index (χ1v) is 9.49. The zero-order valence-corrected chi connectivity index (χ0v) is 15.5. The lowest BCUT2D eigenvalue weighted by atomic mass is 9.82. The predicted molar refractivity (Wildman–Crippen MR) is 101 cm³/mol. The van der Waals surface area contributed by atoms with Crippen LogP contribution in [0, 0.1) is 5.92 Å². The highest BCUT2D eigenvalue weighted by atomic mass is 35.5. The van der Waals surface area contributed by atoms with Gasteiger partial charge in [-0.2, -0.15) is 0 Å². The Labute approximate surface area is 155 Å². The molecule has 1 unspecified atom stereocenters. The van der Waals surface area contributed by atoms with Crippen LogP contribution < -0.4 is 5.73 Å². The molecule has 0 aliphatic carbocycles. The molecule has 0 radical (unpaired) electrons. The fourth-order valence-corrected chi connectivity index (χ4v) is 3.74. The summed E-state index contributed by atoms with van der Waals surface area (Å²) in [6.45, 7) is 2.96. The van der Waals surface area contributed by atoms with Crippen molar-refractivity contribution in [2.45, 2.75) is 51.0 Å². The normalized spacial score (nSPS) is 20.1. The van der Waals surface area contributed by atoms with E-state index in [0.717, 1.165) is 45.3 Å². The molecule has 1 aliphatic rings. The van der Waals surface area contributed by atoms with Gasteiger partial charge in [-0.3, -0.25) is 4.90 Å². The molecular weight excluding hydrogens is 346 g/mol. The maximum absolute atomic E-state index is 8.88. The van der Waals surface area contributed by atoms with Crippen molar-refractivity contribution in [2.24, 2.45) is 11.7 Å². The summed E-state index contributed by atoms with van der Waals surface area (Å²) < 4.78 is 0. The number of nitrogens with two attached hydrogens (primary N) is 1. The highest BCUT2D eigenvalue weighted by Crippen LogP contribution is 2.26. The lowest BCUT2D eigenvalue weighted by Crippen LogP contribution is -2.43. The Kier molecular flexibility index (Phi) is 8.34. The highest BCUT2D eigenvalue weighted by molar-refractivity contribution is 6.42. The Bertz CT molecular complexity index is 519. The van der Waals surface area contributed by atoms with Gasteiger partial charge in [0.05, 0.1) is 10.0 Å². The van der Waals surface area contributed by atoms with E-state index >= 15 is 0 Å². The Balaban J connectivity index is 1.79. The van der Waals surface area contributed by atoms with E-state index in [0.29, 0.717) is 22.3 Å². The minimum absolute atomic E-state index is 0.178. The molecule has 1 aliphatic heterocycles. The van der Waals surface area contributed by atoms with Crippen LogP contribution in [-0.4, -0.2) is 41.2 Å². The second kappa shape index (κ2) is 10.0. The summed E-state index contributed by atoms with van der Waals surface area (Å²) in [5.41, 5.74) is 7.55. The van der Waals surface area contributed by atoms with Crippen molar-refractivity contribution in [1.82, 2.24) is 4.90 Å². The van der Waals surface area contributed by atoms with E-state index in [1.165, 1.54) is 12.0 Å². The molecule has 0 amide bonds. The van der Waals surface area contributed by atoms with E-state index in [4.69, 9.17) is 39.0 Å². The quantitative estimate of drug-likeness (QED) is 0.484. The molecule has 24 heavy (non-hydrogen) atoms. The van der Waals surface area contributed by atoms with Crippen LogP contribution in [0.1, 0.15) is 37.7 Å². The Morgan fingerprint density at radius 3 is 2.75 bits per heavy atom. The van der Waals surface area contributed by atoms with E-state index < -0.39 is 7.12 Å². The Morgan fingerprint density at radius 1 is 1.25 bits per heavy atom. The largest absolute Gasteiger partial charge is 0.451 e. The van der Waals surface area contributed by atoms with Gasteiger partial charge in [0.15, 0.2) is 0 Å². The summed E-state index contributed by atoms with van der Waals surface area (Å²) in [6.07, 6.45) is 5.46. The Morgan fingerprint density at radius 2 is 2.04 bits per heavy atom. The highest BCUT2D eigenvalue weighted by Gasteiger charge is 2.25. The van der Waals surface area contributed by atoms with E-state index in [9.17, 15) is 0 Å². The first kappa shape index (κ1) is 20.0. The average Bonchev–Trinajstić information content (AvgIpc) is 2.55. The molecule has 2 rings (SSSR count). The topological polar surface area (TPSA) is 69.7 Å². The summed E-state index contributed by atoms with van der Waals surface area (Å²) in [5, 5.41) is 18.9. The molecule has 0 saturated carbocycles. The number of nitrogens with zero attached hydrogens (tertiary/aromatic N) is 1. The molecule has 1 aromatic carbocycles. The van der Waals surface area contributed by atoms with Crippen molar-refractivity contribution in [2.75, 3.05) is 13.1 Å². The number of unbranched alkanes of at least 4 members (excludes halogenated alkanes) is 1. The molecule has 1 heterocycles. The molecule has 1 fully saturated rings. The molecule has 0 aromatic heterocycles. The van der Waals surface area contributed by atoms with Crippen LogP contribution in [0.15, 0.2) is 18.2 Å². The lowest BCUT2D eigenvalue weighted by molar-refractivity contribution is 0.147. The van der Waals surface area contributed by atoms with Crippen molar-refractivity contribution >= 4 is 30.3 Å². The van der Waals surface area contributed by atoms with Gasteiger partial charge in [0.25, 0.3) is 0 Å². The van der Waals surface area contributed by atoms with Crippen LogP contribution in [0.5, 0.6) is 0 Å². The van der Waals surface area contributed by atoms with Gasteiger partial charge in [0.1, 0.15) is 0 Å². The van der Waals surface area contributed by atoms with Crippen LogP contribution in [0.2, 0.25) is 16.4 Å². The Hall–Kier alpha value is -0.295. The standard InChI is InChI=1S/C17H27BCl2N2O2/c19-15-7-6-13(10-16(15)20)11-22-9-3-4-14(12-22)17(21)5-1-2-8-18(23)24/h6-7,10,14,17,23-24H,1-5,8-9,11-12,21H2/t14-,17?/m0/s1. The van der Waals surface area contributed by atoms with Crippen LogP contribution in [0.3, 0.4) is 0 Å². The van der Waals surface area contributed by atoms with E-state index in [1.54, 1.807) is 0 Å². The van der Waals surface area contributed by atoms with Gasteiger partial charge in [-0.05, 0) is 55.7 Å². The minimum Gasteiger partial charge on any atom is -0.427 e. The summed E-state index contributed by atoms with van der Waals surface area (Å²) in [4.78, 5) is 2.44. The molecule has 4 N–H and O–H groups in total. The zero-order chi connectivity index (χ0) is 17.5. The average molecular weight is 373 g/mol. The molecule has 1 saturated heterocycles. The number of benzene rings is 1. The van der Waals surface area contributed by atoms with Gasteiger partial charge in [-0.1, -0.05) is 42.1 Å². The molecule has 2 atom stereocenters. The second-order valence-corrected chi connectivity index (χ2v) is 7.63. The fourth-order valence-electron chi connectivity index (χ4n) is 3.42. The number of hydrogen-bond acceptors (Lipinski definition) is 4.